The summed E-state index contributed by atoms with van der Waals surface area (Å²) in [7, 11) is -4.98. The van der Waals surface area contributed by atoms with Crippen LogP contribution in [0.5, 0.6) is 11.5 Å². The lowest BCUT2D eigenvalue weighted by Gasteiger charge is -2.22. The summed E-state index contributed by atoms with van der Waals surface area (Å²) >= 11 is 0. The fourth-order valence-electron chi connectivity index (χ4n) is 1.76. The van der Waals surface area contributed by atoms with Gasteiger partial charge in [0.25, 0.3) is 0 Å². The third kappa shape index (κ3) is 5.22. The van der Waals surface area contributed by atoms with Gasteiger partial charge in [0.15, 0.2) is 5.90 Å². The highest BCUT2D eigenvalue weighted by molar-refractivity contribution is 7.71. The third-order valence-electron chi connectivity index (χ3n) is 2.88. The van der Waals surface area contributed by atoms with Crippen LogP contribution >= 0.6 is 15.2 Å². The molecule has 2 aromatic rings. The summed E-state index contributed by atoms with van der Waals surface area (Å²) in [5.41, 5.74) is 0. The van der Waals surface area contributed by atoms with Gasteiger partial charge in [-0.15, -0.1) is 0 Å². The molecule has 124 valence electrons. The Morgan fingerprint density at radius 3 is 1.43 bits per heavy atom. The average Bonchev–Trinajstić information content (AvgIpc) is 2.56. The fourth-order valence-corrected chi connectivity index (χ4v) is 5.92. The Morgan fingerprint density at radius 1 is 0.696 bits per heavy atom. The number of benzene rings is 2. The van der Waals surface area contributed by atoms with E-state index < -0.39 is 21.1 Å². The highest BCUT2D eigenvalue weighted by atomic mass is 31.2. The first kappa shape index (κ1) is 17.8. The summed E-state index contributed by atoms with van der Waals surface area (Å²) in [6.45, 7) is 0. The van der Waals surface area contributed by atoms with Crippen LogP contribution in [0.2, 0.25) is 0 Å². The van der Waals surface area contributed by atoms with Gasteiger partial charge >= 0.3 is 15.2 Å². The topological polar surface area (TPSA) is 71.1 Å². The molecule has 0 aliphatic heterocycles. The molecule has 2 rings (SSSR count). The summed E-state index contributed by atoms with van der Waals surface area (Å²) in [5.74, 6) is 0.174. The van der Waals surface area contributed by atoms with Crippen molar-refractivity contribution in [1.82, 2.24) is 0 Å². The highest BCUT2D eigenvalue weighted by Gasteiger charge is 2.40. The molecular weight excluding hydrogens is 338 g/mol. The molecule has 0 spiro atoms. The number of para-hydroxylation sites is 2. The molecule has 0 unspecified atom stereocenters. The van der Waals surface area contributed by atoms with Crippen molar-refractivity contribution in [1.29, 1.82) is 0 Å². The zero-order valence-corrected chi connectivity index (χ0v) is 14.6. The van der Waals surface area contributed by atoms with Gasteiger partial charge < -0.3 is 18.1 Å². The van der Waals surface area contributed by atoms with Gasteiger partial charge in [0, 0.05) is 14.2 Å². The Morgan fingerprint density at radius 2 is 1.09 bits per heavy atom. The van der Waals surface area contributed by atoms with E-state index in [0.29, 0.717) is 11.5 Å². The van der Waals surface area contributed by atoms with Crippen LogP contribution in [0.4, 0.5) is 0 Å². The molecule has 0 heterocycles. The van der Waals surface area contributed by atoms with Crippen molar-refractivity contribution in [2.45, 2.75) is 0 Å². The lowest BCUT2D eigenvalue weighted by molar-refractivity contribution is 0.277. The Bertz CT molecular complexity index is 651. The molecule has 6 nitrogen and oxygen atoms in total. The maximum atomic E-state index is 13.1. The lowest BCUT2D eigenvalue weighted by Crippen LogP contribution is -2.07. The first-order valence-electron chi connectivity index (χ1n) is 6.77. The molecule has 0 atom stereocenters. The van der Waals surface area contributed by atoms with Crippen molar-refractivity contribution in [2.24, 2.45) is 0 Å². The molecule has 0 saturated heterocycles. The molecule has 0 fully saturated rings. The van der Waals surface area contributed by atoms with Crippen molar-refractivity contribution in [2.75, 3.05) is 20.1 Å². The monoisotopic (exact) mass is 356 g/mol. The minimum absolute atomic E-state index is 0.338. The van der Waals surface area contributed by atoms with Crippen molar-refractivity contribution < 1.29 is 27.2 Å². The van der Waals surface area contributed by atoms with Crippen LogP contribution in [0.1, 0.15) is 0 Å². The van der Waals surface area contributed by atoms with Crippen LogP contribution in [-0.4, -0.2) is 20.1 Å². The van der Waals surface area contributed by atoms with Crippen molar-refractivity contribution in [3.63, 3.8) is 0 Å². The van der Waals surface area contributed by atoms with Gasteiger partial charge in [0.05, 0.1) is 0 Å². The van der Waals surface area contributed by atoms with Crippen LogP contribution in [0.3, 0.4) is 0 Å². The summed E-state index contributed by atoms with van der Waals surface area (Å²) in [4.78, 5) is 0. The van der Waals surface area contributed by atoms with E-state index in [0.717, 1.165) is 0 Å². The maximum Gasteiger partial charge on any atom is 0.442 e. The van der Waals surface area contributed by atoms with E-state index in [-0.39, 0.29) is 0 Å². The van der Waals surface area contributed by atoms with Gasteiger partial charge in [-0.05, 0) is 24.3 Å². The molecule has 23 heavy (non-hydrogen) atoms. The fraction of sp³-hybridized carbons (Fsp3) is 0.200. The molecule has 0 N–H and O–H groups in total. The molecule has 0 amide bonds. The molecule has 0 aliphatic rings. The predicted molar refractivity (Wildman–Crippen MR) is 88.2 cm³/mol. The SMILES string of the molecule is COP(=O)(CP(=O)(Oc1ccccc1)Oc1ccccc1)OC. The summed E-state index contributed by atoms with van der Waals surface area (Å²) in [5, 5.41) is 0. The zero-order valence-electron chi connectivity index (χ0n) is 12.8. The number of rotatable bonds is 8. The van der Waals surface area contributed by atoms with Gasteiger partial charge in [-0.2, -0.15) is 0 Å². The molecule has 0 radical (unpaired) electrons. The quantitative estimate of drug-likeness (QED) is 0.634. The second-order valence-electron chi connectivity index (χ2n) is 4.54. The summed E-state index contributed by atoms with van der Waals surface area (Å²) in [6.07, 6.45) is 0. The number of hydrogen-bond acceptors (Lipinski definition) is 6. The van der Waals surface area contributed by atoms with E-state index >= 15 is 0 Å². The first-order chi connectivity index (χ1) is 11.0. The summed E-state index contributed by atoms with van der Waals surface area (Å²) < 4.78 is 46.2. The largest absolute Gasteiger partial charge is 0.442 e. The minimum Gasteiger partial charge on any atom is -0.416 e. The zero-order chi connectivity index (χ0) is 16.8. The molecule has 0 bridgehead atoms. The van der Waals surface area contributed by atoms with Crippen molar-refractivity contribution >= 4 is 15.2 Å². The molecule has 0 aromatic heterocycles. The van der Waals surface area contributed by atoms with E-state index in [9.17, 15) is 9.13 Å². The maximum absolute atomic E-state index is 13.1. The van der Waals surface area contributed by atoms with Crippen molar-refractivity contribution in [3.8, 4) is 11.5 Å². The van der Waals surface area contributed by atoms with Crippen LogP contribution in [-0.2, 0) is 18.2 Å². The normalized spacial score (nSPS) is 11.9. The predicted octanol–water partition coefficient (Wildman–Crippen LogP) is 4.78. The summed E-state index contributed by atoms with van der Waals surface area (Å²) in [6, 6.07) is 17.0. The molecule has 2 aromatic carbocycles. The Labute approximate surface area is 135 Å². The Balaban J connectivity index is 2.30. The van der Waals surface area contributed by atoms with Crippen LogP contribution in [0, 0.1) is 0 Å². The first-order valence-corrected chi connectivity index (χ1v) is 10.2. The third-order valence-corrected chi connectivity index (χ3v) is 7.74. The second kappa shape index (κ2) is 7.80. The van der Waals surface area contributed by atoms with Crippen molar-refractivity contribution in [3.05, 3.63) is 60.7 Å². The highest BCUT2D eigenvalue weighted by Crippen LogP contribution is 2.62. The molecular formula is C15H18O6P2. The second-order valence-corrected chi connectivity index (χ2v) is 9.21. The number of hydrogen-bond donors (Lipinski definition) is 0. The lowest BCUT2D eigenvalue weighted by atomic mass is 10.3. The molecule has 0 aliphatic carbocycles. The van der Waals surface area contributed by atoms with E-state index in [1.54, 1.807) is 60.7 Å². The standard InChI is InChI=1S/C15H18O6P2/c1-18-22(16,19-2)13-23(17,20-14-9-5-3-6-10-14)21-15-11-7-4-8-12-15/h3-12H,13H2,1-2H3. The van der Waals surface area contributed by atoms with Crippen LogP contribution in [0.25, 0.3) is 0 Å². The van der Waals surface area contributed by atoms with Crippen LogP contribution in [0.15, 0.2) is 60.7 Å². The van der Waals surface area contributed by atoms with E-state index in [2.05, 4.69) is 0 Å². The van der Waals surface area contributed by atoms with Gasteiger partial charge in [0.2, 0.25) is 0 Å². The minimum atomic E-state index is -3.83. The van der Waals surface area contributed by atoms with Gasteiger partial charge in [-0.1, -0.05) is 36.4 Å². The average molecular weight is 356 g/mol. The van der Waals surface area contributed by atoms with Gasteiger partial charge in [-0.25, -0.2) is 4.57 Å². The van der Waals surface area contributed by atoms with Crippen LogP contribution < -0.4 is 9.05 Å². The smallest absolute Gasteiger partial charge is 0.416 e. The molecule has 8 heteroatoms. The van der Waals surface area contributed by atoms with Gasteiger partial charge in [-0.3, -0.25) is 4.57 Å². The Kier molecular flexibility index (Phi) is 6.03. The molecule has 0 saturated carbocycles. The van der Waals surface area contributed by atoms with E-state index in [4.69, 9.17) is 18.1 Å². The van der Waals surface area contributed by atoms with E-state index in [1.165, 1.54) is 14.2 Å². The van der Waals surface area contributed by atoms with E-state index in [1.807, 2.05) is 0 Å². The Hall–Kier alpha value is -1.58. The van der Waals surface area contributed by atoms with Gasteiger partial charge in [0.1, 0.15) is 11.5 Å².